The largest absolute Gasteiger partial charge is 0.383 e. The van der Waals surface area contributed by atoms with Gasteiger partial charge in [-0.15, -0.1) is 0 Å². The van der Waals surface area contributed by atoms with Crippen LogP contribution in [0, 0.1) is 6.92 Å². The molecule has 1 unspecified atom stereocenters. The monoisotopic (exact) mass is 288 g/mol. The van der Waals surface area contributed by atoms with Gasteiger partial charge < -0.3 is 15.0 Å². The number of methoxy groups -OCH3 is 1. The van der Waals surface area contributed by atoms with E-state index in [1.807, 2.05) is 0 Å². The molecule has 3 rings (SSSR count). The first-order chi connectivity index (χ1) is 10.2. The van der Waals surface area contributed by atoms with E-state index in [1.54, 1.807) is 23.8 Å². The normalized spacial score (nSPS) is 21.7. The smallest absolute Gasteiger partial charge is 0.0637 e. The molecule has 2 heterocycles. The van der Waals surface area contributed by atoms with Crippen LogP contribution < -0.4 is 10.2 Å². The van der Waals surface area contributed by atoms with Crippen molar-refractivity contribution in [1.29, 1.82) is 0 Å². The number of nitrogens with zero attached hydrogens (tertiary/aromatic N) is 1. The third-order valence-corrected chi connectivity index (χ3v) is 5.08. The number of nitrogens with one attached hydrogen (secondary N) is 1. The van der Waals surface area contributed by atoms with Crippen molar-refractivity contribution in [2.24, 2.45) is 0 Å². The molecule has 0 saturated heterocycles. The van der Waals surface area contributed by atoms with Gasteiger partial charge in [0, 0.05) is 32.4 Å². The highest BCUT2D eigenvalue weighted by Gasteiger charge is 2.25. The predicted molar refractivity (Wildman–Crippen MR) is 88.6 cm³/mol. The predicted octanol–water partition coefficient (Wildman–Crippen LogP) is 2.64. The lowest BCUT2D eigenvalue weighted by atomic mass is 9.85. The van der Waals surface area contributed by atoms with Gasteiger partial charge in [0.15, 0.2) is 0 Å². The van der Waals surface area contributed by atoms with E-state index in [-0.39, 0.29) is 0 Å². The summed E-state index contributed by atoms with van der Waals surface area (Å²) in [5.74, 6) is 0.626. The lowest BCUT2D eigenvalue weighted by Gasteiger charge is -2.35. The third kappa shape index (κ3) is 2.82. The molecular formula is C18H28N2O. The highest BCUT2D eigenvalue weighted by Crippen LogP contribution is 2.37. The number of hydrogen-bond donors (Lipinski definition) is 1. The molecule has 0 fully saturated rings. The molecule has 0 bridgehead atoms. The van der Waals surface area contributed by atoms with Crippen LogP contribution in [0.5, 0.6) is 0 Å². The topological polar surface area (TPSA) is 24.5 Å². The Labute approximate surface area is 128 Å². The minimum absolute atomic E-state index is 0.626. The van der Waals surface area contributed by atoms with Gasteiger partial charge in [-0.3, -0.25) is 0 Å². The zero-order valence-electron chi connectivity index (χ0n) is 13.7. The van der Waals surface area contributed by atoms with E-state index in [1.165, 1.54) is 30.6 Å². The Morgan fingerprint density at radius 3 is 3.05 bits per heavy atom. The third-order valence-electron chi connectivity index (χ3n) is 5.08. The van der Waals surface area contributed by atoms with Crippen LogP contribution in [0.15, 0.2) is 6.07 Å². The minimum atomic E-state index is 0.626. The van der Waals surface area contributed by atoms with Gasteiger partial charge in [-0.25, -0.2) is 0 Å². The Morgan fingerprint density at radius 2 is 2.24 bits per heavy atom. The van der Waals surface area contributed by atoms with Crippen LogP contribution in [0.3, 0.4) is 0 Å². The maximum Gasteiger partial charge on any atom is 0.0637 e. The fourth-order valence-electron chi connectivity index (χ4n) is 3.98. The molecule has 116 valence electrons. The van der Waals surface area contributed by atoms with Crippen molar-refractivity contribution in [2.75, 3.05) is 44.8 Å². The molecule has 3 heteroatoms. The van der Waals surface area contributed by atoms with Crippen LogP contribution in [-0.2, 0) is 17.6 Å². The van der Waals surface area contributed by atoms with Gasteiger partial charge >= 0.3 is 0 Å². The van der Waals surface area contributed by atoms with Crippen molar-refractivity contribution in [3.63, 3.8) is 0 Å². The van der Waals surface area contributed by atoms with Crippen molar-refractivity contribution in [2.45, 2.75) is 39.0 Å². The maximum absolute atomic E-state index is 5.30. The van der Waals surface area contributed by atoms with Crippen LogP contribution in [-0.4, -0.2) is 39.9 Å². The first-order valence-electron chi connectivity index (χ1n) is 8.32. The molecule has 0 saturated carbocycles. The second-order valence-corrected chi connectivity index (χ2v) is 6.52. The highest BCUT2D eigenvalue weighted by atomic mass is 16.5. The second kappa shape index (κ2) is 6.37. The second-order valence-electron chi connectivity index (χ2n) is 6.52. The summed E-state index contributed by atoms with van der Waals surface area (Å²) in [6.07, 6.45) is 3.66. The first kappa shape index (κ1) is 14.9. The molecular weight excluding hydrogens is 260 g/mol. The molecule has 1 N–H and O–H groups in total. The SMILES string of the molecule is COCCN1CCCc2cc3c(c(C)c21)CCNCC3C. The van der Waals surface area contributed by atoms with Gasteiger partial charge in [0.1, 0.15) is 0 Å². The summed E-state index contributed by atoms with van der Waals surface area (Å²) in [5, 5.41) is 3.57. The molecule has 2 aliphatic rings. The van der Waals surface area contributed by atoms with Gasteiger partial charge in [0.05, 0.1) is 6.61 Å². The molecule has 1 aromatic rings. The summed E-state index contributed by atoms with van der Waals surface area (Å²) < 4.78 is 5.30. The summed E-state index contributed by atoms with van der Waals surface area (Å²) in [5.41, 5.74) is 7.77. The van der Waals surface area contributed by atoms with Crippen molar-refractivity contribution in [3.8, 4) is 0 Å². The number of anilines is 1. The zero-order valence-corrected chi connectivity index (χ0v) is 13.7. The van der Waals surface area contributed by atoms with E-state index in [9.17, 15) is 0 Å². The van der Waals surface area contributed by atoms with Crippen LogP contribution in [0.25, 0.3) is 0 Å². The van der Waals surface area contributed by atoms with Gasteiger partial charge in [0.25, 0.3) is 0 Å². The molecule has 21 heavy (non-hydrogen) atoms. The van der Waals surface area contributed by atoms with E-state index in [0.29, 0.717) is 5.92 Å². The lowest BCUT2D eigenvalue weighted by Crippen LogP contribution is -2.33. The van der Waals surface area contributed by atoms with E-state index in [2.05, 4.69) is 30.1 Å². The number of hydrogen-bond acceptors (Lipinski definition) is 3. The van der Waals surface area contributed by atoms with Crippen LogP contribution in [0.4, 0.5) is 5.69 Å². The van der Waals surface area contributed by atoms with Gasteiger partial charge in [-0.2, -0.15) is 0 Å². The van der Waals surface area contributed by atoms with Crippen LogP contribution in [0.2, 0.25) is 0 Å². The number of rotatable bonds is 3. The number of ether oxygens (including phenoxy) is 1. The molecule has 0 aliphatic carbocycles. The molecule has 2 aliphatic heterocycles. The number of fused-ring (bicyclic) bond motifs is 2. The van der Waals surface area contributed by atoms with Gasteiger partial charge in [0.2, 0.25) is 0 Å². The van der Waals surface area contributed by atoms with E-state index < -0.39 is 0 Å². The van der Waals surface area contributed by atoms with Crippen LogP contribution >= 0.6 is 0 Å². The average Bonchev–Trinajstić information content (AvgIpc) is 2.68. The van der Waals surface area contributed by atoms with Gasteiger partial charge in [-0.05, 0) is 60.9 Å². The van der Waals surface area contributed by atoms with Gasteiger partial charge in [-0.1, -0.05) is 13.0 Å². The summed E-state index contributed by atoms with van der Waals surface area (Å²) in [6.45, 7) is 9.90. The van der Waals surface area contributed by atoms with E-state index in [4.69, 9.17) is 4.74 Å². The Hall–Kier alpha value is -1.06. The fourth-order valence-corrected chi connectivity index (χ4v) is 3.98. The molecule has 1 atom stereocenters. The summed E-state index contributed by atoms with van der Waals surface area (Å²) in [4.78, 5) is 2.54. The summed E-state index contributed by atoms with van der Waals surface area (Å²) in [6, 6.07) is 2.51. The molecule has 3 nitrogen and oxygen atoms in total. The molecule has 0 amide bonds. The quantitative estimate of drug-likeness (QED) is 0.925. The Bertz CT molecular complexity index is 512. The fraction of sp³-hybridized carbons (Fsp3) is 0.667. The Kier molecular flexibility index (Phi) is 4.51. The van der Waals surface area contributed by atoms with E-state index >= 15 is 0 Å². The first-order valence-corrected chi connectivity index (χ1v) is 8.32. The lowest BCUT2D eigenvalue weighted by molar-refractivity contribution is 0.205. The standard InChI is InChI=1S/C18H28N2O/c1-13-12-19-7-6-16-14(2)18-15(11-17(13)16)5-4-8-20(18)9-10-21-3/h11,13,19H,4-10,12H2,1-3H3. The van der Waals surface area contributed by atoms with Crippen molar-refractivity contribution in [3.05, 3.63) is 28.3 Å². The Balaban J connectivity index is 2.04. The zero-order chi connectivity index (χ0) is 14.8. The highest BCUT2D eigenvalue weighted by molar-refractivity contribution is 5.66. The van der Waals surface area contributed by atoms with Crippen molar-refractivity contribution in [1.82, 2.24) is 5.32 Å². The number of benzene rings is 1. The minimum Gasteiger partial charge on any atom is -0.383 e. The number of aryl methyl sites for hydroxylation is 1. The summed E-state index contributed by atoms with van der Waals surface area (Å²) in [7, 11) is 1.79. The van der Waals surface area contributed by atoms with Crippen molar-refractivity contribution < 1.29 is 4.74 Å². The molecule has 0 aromatic heterocycles. The summed E-state index contributed by atoms with van der Waals surface area (Å²) >= 11 is 0. The average molecular weight is 288 g/mol. The molecule has 0 spiro atoms. The van der Waals surface area contributed by atoms with Crippen LogP contribution in [0.1, 0.15) is 41.5 Å². The maximum atomic E-state index is 5.30. The molecule has 0 radical (unpaired) electrons. The Morgan fingerprint density at radius 1 is 1.38 bits per heavy atom. The molecule has 1 aromatic carbocycles. The van der Waals surface area contributed by atoms with E-state index in [0.717, 1.165) is 32.7 Å². The van der Waals surface area contributed by atoms with Crippen molar-refractivity contribution >= 4 is 5.69 Å².